The molecule has 0 amide bonds. The molecule has 0 N–H and O–H groups in total. The number of carbonyl (C=O) groups is 1. The number of fused-ring (bicyclic) bond motifs is 1. The van der Waals surface area contributed by atoms with Crippen molar-refractivity contribution in [3.63, 3.8) is 0 Å². The van der Waals surface area contributed by atoms with E-state index in [1.54, 1.807) is 12.1 Å². The minimum absolute atomic E-state index is 0.143. The van der Waals surface area contributed by atoms with Crippen molar-refractivity contribution in [3.8, 4) is 0 Å². The fourth-order valence-electron chi connectivity index (χ4n) is 5.87. The van der Waals surface area contributed by atoms with E-state index in [1.165, 1.54) is 12.7 Å². The summed E-state index contributed by atoms with van der Waals surface area (Å²) in [6, 6.07) is 9.66. The molecule has 37 heavy (non-hydrogen) atoms. The van der Waals surface area contributed by atoms with Crippen molar-refractivity contribution in [2.24, 2.45) is 5.41 Å². The Kier molecular flexibility index (Phi) is 7.30. The first-order chi connectivity index (χ1) is 17.8. The van der Waals surface area contributed by atoms with E-state index in [9.17, 15) is 18.0 Å². The SMILES string of the molecule is COC(=O)c1ccc(CN2CCC=Cc3cc(C4CCN(CC5(C(F)(F)F)CCC5)CC4)cnc32)cc1. The second kappa shape index (κ2) is 10.5. The number of benzene rings is 1. The van der Waals surface area contributed by atoms with Gasteiger partial charge in [0.05, 0.1) is 18.1 Å². The average Bonchev–Trinajstić information content (AvgIpc) is 3.07. The molecule has 0 radical (unpaired) electrons. The fourth-order valence-corrected chi connectivity index (χ4v) is 5.87. The van der Waals surface area contributed by atoms with Gasteiger partial charge in [-0.3, -0.25) is 0 Å². The number of methoxy groups -OCH3 is 1. The van der Waals surface area contributed by atoms with Crippen LogP contribution < -0.4 is 4.90 Å². The van der Waals surface area contributed by atoms with Crippen LogP contribution in [0.15, 0.2) is 42.6 Å². The molecule has 3 heterocycles. The first kappa shape index (κ1) is 25.8. The number of halogens is 3. The Labute approximate surface area is 216 Å². The van der Waals surface area contributed by atoms with E-state index in [4.69, 9.17) is 9.72 Å². The zero-order valence-corrected chi connectivity index (χ0v) is 21.3. The van der Waals surface area contributed by atoms with E-state index in [0.29, 0.717) is 37.5 Å². The number of rotatable bonds is 6. The molecule has 1 aromatic heterocycles. The summed E-state index contributed by atoms with van der Waals surface area (Å²) in [5.74, 6) is 0.899. The Balaban J connectivity index is 1.24. The molecule has 1 aliphatic carbocycles. The molecule has 5 rings (SSSR count). The minimum atomic E-state index is -4.11. The summed E-state index contributed by atoms with van der Waals surface area (Å²) in [6.45, 7) is 3.06. The van der Waals surface area contributed by atoms with Crippen LogP contribution in [0.25, 0.3) is 6.08 Å². The van der Waals surface area contributed by atoms with Crippen molar-refractivity contribution in [1.29, 1.82) is 0 Å². The quantitative estimate of drug-likeness (QED) is 0.430. The number of hydrogen-bond donors (Lipinski definition) is 0. The van der Waals surface area contributed by atoms with E-state index in [0.717, 1.165) is 42.8 Å². The average molecular weight is 514 g/mol. The maximum atomic E-state index is 13.6. The van der Waals surface area contributed by atoms with Crippen LogP contribution in [-0.4, -0.2) is 55.3 Å². The number of pyridine rings is 1. The molecule has 0 spiro atoms. The highest BCUT2D eigenvalue weighted by molar-refractivity contribution is 5.89. The Hall–Kier alpha value is -2.87. The number of anilines is 1. The van der Waals surface area contributed by atoms with Crippen LogP contribution in [0, 0.1) is 5.41 Å². The van der Waals surface area contributed by atoms with Gasteiger partial charge < -0.3 is 14.5 Å². The molecule has 1 saturated carbocycles. The lowest BCUT2D eigenvalue weighted by molar-refractivity contribution is -0.256. The van der Waals surface area contributed by atoms with E-state index < -0.39 is 11.6 Å². The lowest BCUT2D eigenvalue weighted by Crippen LogP contribution is -2.53. The van der Waals surface area contributed by atoms with Gasteiger partial charge in [-0.1, -0.05) is 30.7 Å². The Morgan fingerprint density at radius 1 is 1.14 bits per heavy atom. The third-order valence-electron chi connectivity index (χ3n) is 8.32. The van der Waals surface area contributed by atoms with Crippen molar-refractivity contribution in [1.82, 2.24) is 9.88 Å². The minimum Gasteiger partial charge on any atom is -0.465 e. The van der Waals surface area contributed by atoms with E-state index in [1.807, 2.05) is 23.2 Å². The summed E-state index contributed by atoms with van der Waals surface area (Å²) < 4.78 is 45.6. The number of carbonyl (C=O) groups excluding carboxylic acids is 1. The van der Waals surface area contributed by atoms with Gasteiger partial charge in [0, 0.05) is 31.4 Å². The van der Waals surface area contributed by atoms with Crippen molar-refractivity contribution in [3.05, 3.63) is 64.9 Å². The first-order valence-electron chi connectivity index (χ1n) is 13.2. The summed E-state index contributed by atoms with van der Waals surface area (Å²) >= 11 is 0. The lowest BCUT2D eigenvalue weighted by atomic mass is 9.67. The van der Waals surface area contributed by atoms with Gasteiger partial charge in [-0.05, 0) is 80.4 Å². The molecular formula is C29H34F3N3O2. The molecular weight excluding hydrogens is 479 g/mol. The normalized spacial score (nSPS) is 20.2. The zero-order valence-electron chi connectivity index (χ0n) is 21.3. The molecule has 5 nitrogen and oxygen atoms in total. The fraction of sp³-hybridized carbons (Fsp3) is 0.517. The van der Waals surface area contributed by atoms with Gasteiger partial charge in [-0.2, -0.15) is 13.2 Å². The number of esters is 1. The number of ether oxygens (including phenoxy) is 1. The van der Waals surface area contributed by atoms with Gasteiger partial charge in [0.1, 0.15) is 5.82 Å². The van der Waals surface area contributed by atoms with Crippen molar-refractivity contribution in [2.75, 3.05) is 38.2 Å². The number of hydrogen-bond acceptors (Lipinski definition) is 5. The lowest BCUT2D eigenvalue weighted by Gasteiger charge is -2.47. The molecule has 0 bridgehead atoms. The molecule has 8 heteroatoms. The first-order valence-corrected chi connectivity index (χ1v) is 13.2. The summed E-state index contributed by atoms with van der Waals surface area (Å²) in [4.78, 5) is 20.9. The molecule has 2 aromatic rings. The predicted octanol–water partition coefficient (Wildman–Crippen LogP) is 6.20. The molecule has 0 atom stereocenters. The Morgan fingerprint density at radius 3 is 2.49 bits per heavy atom. The van der Waals surface area contributed by atoms with Crippen molar-refractivity contribution < 1.29 is 22.7 Å². The van der Waals surface area contributed by atoms with E-state index >= 15 is 0 Å². The van der Waals surface area contributed by atoms with Gasteiger partial charge in [-0.25, -0.2) is 9.78 Å². The van der Waals surface area contributed by atoms with Crippen LogP contribution in [0.4, 0.5) is 19.0 Å². The molecule has 2 fully saturated rings. The second-order valence-corrected chi connectivity index (χ2v) is 10.7. The number of nitrogens with zero attached hydrogens (tertiary/aromatic N) is 3. The number of alkyl halides is 3. The van der Waals surface area contributed by atoms with Gasteiger partial charge >= 0.3 is 12.1 Å². The Morgan fingerprint density at radius 2 is 1.86 bits per heavy atom. The Bertz CT molecular complexity index is 1130. The smallest absolute Gasteiger partial charge is 0.395 e. The van der Waals surface area contributed by atoms with Crippen LogP contribution in [-0.2, 0) is 11.3 Å². The highest BCUT2D eigenvalue weighted by Gasteiger charge is 2.58. The number of aromatic nitrogens is 1. The summed E-state index contributed by atoms with van der Waals surface area (Å²) in [7, 11) is 1.37. The zero-order chi connectivity index (χ0) is 26.0. The molecule has 2 aliphatic heterocycles. The van der Waals surface area contributed by atoms with E-state index in [-0.39, 0.29) is 25.4 Å². The van der Waals surface area contributed by atoms with Gasteiger partial charge in [0.25, 0.3) is 0 Å². The highest BCUT2D eigenvalue weighted by Crippen LogP contribution is 2.53. The monoisotopic (exact) mass is 513 g/mol. The van der Waals surface area contributed by atoms with Crippen LogP contribution in [0.2, 0.25) is 0 Å². The van der Waals surface area contributed by atoms with Gasteiger partial charge in [0.15, 0.2) is 0 Å². The standard InChI is InChI=1S/C29H34F3N3O2/c1-37-27(36)23-8-6-21(7-9-23)19-35-14-3-2-5-24-17-25(18-33-26(24)35)22-10-15-34(16-11-22)20-28(12-4-13-28)29(30,31)32/h2,5-9,17-18,22H,3-4,10-16,19-20H2,1H3. The number of likely N-dealkylation sites (tertiary alicyclic amines) is 1. The van der Waals surface area contributed by atoms with Crippen LogP contribution in [0.1, 0.15) is 71.5 Å². The molecule has 1 saturated heterocycles. The van der Waals surface area contributed by atoms with Gasteiger partial charge in [-0.15, -0.1) is 0 Å². The van der Waals surface area contributed by atoms with Crippen LogP contribution >= 0.6 is 0 Å². The molecule has 198 valence electrons. The van der Waals surface area contributed by atoms with Crippen molar-refractivity contribution in [2.45, 2.75) is 57.2 Å². The number of piperidine rings is 1. The van der Waals surface area contributed by atoms with E-state index in [2.05, 4.69) is 23.1 Å². The second-order valence-electron chi connectivity index (χ2n) is 10.7. The molecule has 1 aromatic carbocycles. The summed E-state index contributed by atoms with van der Waals surface area (Å²) in [5, 5.41) is 0. The summed E-state index contributed by atoms with van der Waals surface area (Å²) in [6.07, 6.45) is 5.98. The van der Waals surface area contributed by atoms with Gasteiger partial charge in [0.2, 0.25) is 0 Å². The predicted molar refractivity (Wildman–Crippen MR) is 137 cm³/mol. The highest BCUT2D eigenvalue weighted by atomic mass is 19.4. The maximum absolute atomic E-state index is 13.6. The van der Waals surface area contributed by atoms with Crippen LogP contribution in [0.3, 0.4) is 0 Å². The largest absolute Gasteiger partial charge is 0.465 e. The van der Waals surface area contributed by atoms with Crippen LogP contribution in [0.5, 0.6) is 0 Å². The molecule has 0 unspecified atom stereocenters. The maximum Gasteiger partial charge on any atom is 0.395 e. The van der Waals surface area contributed by atoms with Crippen molar-refractivity contribution >= 4 is 17.9 Å². The topological polar surface area (TPSA) is 45.7 Å². The third kappa shape index (κ3) is 5.40. The summed E-state index contributed by atoms with van der Waals surface area (Å²) in [5.41, 5.74) is 2.37. The third-order valence-corrected chi connectivity index (χ3v) is 8.32. The molecule has 3 aliphatic rings.